The quantitative estimate of drug-likeness (QED) is 0.717. The van der Waals surface area contributed by atoms with Crippen molar-refractivity contribution in [2.45, 2.75) is 24.7 Å². The molecule has 76 valence electrons. The van der Waals surface area contributed by atoms with E-state index in [1.165, 1.54) is 0 Å². The fourth-order valence-electron chi connectivity index (χ4n) is 1.76. The molecule has 0 spiro atoms. The number of halogens is 3. The summed E-state index contributed by atoms with van der Waals surface area (Å²) in [5.41, 5.74) is 6.85. The summed E-state index contributed by atoms with van der Waals surface area (Å²) in [5.74, 6) is -2.62. The molecule has 0 atom stereocenters. The van der Waals surface area contributed by atoms with E-state index in [1.807, 2.05) is 0 Å². The normalized spacial score (nSPS) is 20.5. The fourth-order valence-corrected chi connectivity index (χ4v) is 2.10. The van der Waals surface area contributed by atoms with Gasteiger partial charge in [0.2, 0.25) is 5.92 Å². The predicted octanol–water partition coefficient (Wildman–Crippen LogP) is 3.43. The lowest BCUT2D eigenvalue weighted by molar-refractivity contribution is -0.0867. The summed E-state index contributed by atoms with van der Waals surface area (Å²) in [7, 11) is 0. The minimum atomic E-state index is -2.50. The average molecular weight is 218 g/mol. The Labute approximate surface area is 85.9 Å². The highest BCUT2D eigenvalue weighted by molar-refractivity contribution is 6.31. The molecule has 0 unspecified atom stereocenters. The van der Waals surface area contributed by atoms with E-state index in [0.29, 0.717) is 10.7 Å². The third-order valence-electron chi connectivity index (χ3n) is 2.55. The molecule has 1 saturated carbocycles. The van der Waals surface area contributed by atoms with Crippen LogP contribution >= 0.6 is 11.6 Å². The molecule has 14 heavy (non-hydrogen) atoms. The van der Waals surface area contributed by atoms with Crippen LogP contribution < -0.4 is 5.73 Å². The number of hydrogen-bond donors (Lipinski definition) is 1. The molecular formula is C10H10ClF2N. The van der Waals surface area contributed by atoms with Gasteiger partial charge in [0, 0.05) is 23.6 Å². The first kappa shape index (κ1) is 9.71. The topological polar surface area (TPSA) is 26.0 Å². The molecule has 2 rings (SSSR count). The van der Waals surface area contributed by atoms with Gasteiger partial charge in [-0.3, -0.25) is 0 Å². The summed E-state index contributed by atoms with van der Waals surface area (Å²) in [5, 5.41) is 0.491. The minimum absolute atomic E-state index is 0.101. The molecule has 0 radical (unpaired) electrons. The molecule has 1 aliphatic rings. The number of nitrogens with two attached hydrogens (primary N) is 1. The summed E-state index contributed by atoms with van der Waals surface area (Å²) in [6.45, 7) is 0. The second-order valence-electron chi connectivity index (χ2n) is 3.74. The Hall–Kier alpha value is -0.830. The predicted molar refractivity (Wildman–Crippen MR) is 52.8 cm³/mol. The van der Waals surface area contributed by atoms with E-state index < -0.39 is 5.92 Å². The summed E-state index contributed by atoms with van der Waals surface area (Å²) in [4.78, 5) is 0. The van der Waals surface area contributed by atoms with Crippen LogP contribution in [0.15, 0.2) is 18.2 Å². The molecule has 0 aromatic heterocycles. The van der Waals surface area contributed by atoms with Crippen LogP contribution in [0.5, 0.6) is 0 Å². The Morgan fingerprint density at radius 3 is 2.50 bits per heavy atom. The van der Waals surface area contributed by atoms with Crippen LogP contribution in [-0.4, -0.2) is 5.92 Å². The summed E-state index contributed by atoms with van der Waals surface area (Å²) >= 11 is 5.91. The van der Waals surface area contributed by atoms with Gasteiger partial charge in [-0.15, -0.1) is 0 Å². The van der Waals surface area contributed by atoms with Crippen LogP contribution in [0.3, 0.4) is 0 Å². The maximum absolute atomic E-state index is 12.6. The summed E-state index contributed by atoms with van der Waals surface area (Å²) < 4.78 is 25.2. The summed E-state index contributed by atoms with van der Waals surface area (Å²) in [6.07, 6.45) is -0.201. The third kappa shape index (κ3) is 1.69. The van der Waals surface area contributed by atoms with Crippen LogP contribution in [0, 0.1) is 0 Å². The number of anilines is 1. The fraction of sp³-hybridized carbons (Fsp3) is 0.400. The highest BCUT2D eigenvalue weighted by Crippen LogP contribution is 2.49. The first-order valence-electron chi connectivity index (χ1n) is 4.41. The smallest absolute Gasteiger partial charge is 0.249 e. The van der Waals surface area contributed by atoms with E-state index in [4.69, 9.17) is 17.3 Å². The van der Waals surface area contributed by atoms with E-state index in [9.17, 15) is 8.78 Å². The number of benzene rings is 1. The van der Waals surface area contributed by atoms with E-state index in [0.717, 1.165) is 5.56 Å². The molecule has 0 heterocycles. The highest BCUT2D eigenvalue weighted by atomic mass is 35.5. The van der Waals surface area contributed by atoms with Gasteiger partial charge in [0.25, 0.3) is 0 Å². The maximum Gasteiger partial charge on any atom is 0.249 e. The zero-order valence-electron chi connectivity index (χ0n) is 7.43. The molecule has 1 aromatic rings. The van der Waals surface area contributed by atoms with Crippen LogP contribution in [-0.2, 0) is 0 Å². The van der Waals surface area contributed by atoms with Crippen molar-refractivity contribution < 1.29 is 8.78 Å². The van der Waals surface area contributed by atoms with Crippen LogP contribution in [0.4, 0.5) is 14.5 Å². The number of hydrogen-bond acceptors (Lipinski definition) is 1. The Bertz CT molecular complexity index is 357. The van der Waals surface area contributed by atoms with Gasteiger partial charge < -0.3 is 5.73 Å². The molecule has 0 bridgehead atoms. The van der Waals surface area contributed by atoms with Gasteiger partial charge in [-0.2, -0.15) is 0 Å². The lowest BCUT2D eigenvalue weighted by atomic mass is 9.77. The molecule has 1 nitrogen and oxygen atoms in total. The van der Waals surface area contributed by atoms with Crippen LogP contribution in [0.1, 0.15) is 24.3 Å². The van der Waals surface area contributed by atoms with Crippen LogP contribution in [0.25, 0.3) is 0 Å². The van der Waals surface area contributed by atoms with E-state index in [-0.39, 0.29) is 18.8 Å². The average Bonchev–Trinajstić information content (AvgIpc) is 2.00. The zero-order valence-corrected chi connectivity index (χ0v) is 8.19. The van der Waals surface area contributed by atoms with Gasteiger partial charge in [-0.05, 0) is 23.6 Å². The van der Waals surface area contributed by atoms with E-state index in [1.54, 1.807) is 18.2 Å². The lowest BCUT2D eigenvalue weighted by Crippen LogP contribution is -2.33. The van der Waals surface area contributed by atoms with Gasteiger partial charge in [-0.25, -0.2) is 8.78 Å². The number of nitrogen functional groups attached to an aromatic ring is 1. The molecule has 0 saturated heterocycles. The standard InChI is InChI=1S/C10H10ClF2N/c11-9-3-7(14)1-2-8(9)6-4-10(12,13)5-6/h1-3,6H,4-5,14H2. The van der Waals surface area contributed by atoms with Crippen molar-refractivity contribution in [2.24, 2.45) is 0 Å². The summed E-state index contributed by atoms with van der Waals surface area (Å²) in [6, 6.07) is 5.03. The lowest BCUT2D eigenvalue weighted by Gasteiger charge is -2.35. The minimum Gasteiger partial charge on any atom is -0.399 e. The van der Waals surface area contributed by atoms with Crippen molar-refractivity contribution in [3.05, 3.63) is 28.8 Å². The number of alkyl halides is 2. The van der Waals surface area contributed by atoms with Crippen molar-refractivity contribution >= 4 is 17.3 Å². The molecular weight excluding hydrogens is 208 g/mol. The van der Waals surface area contributed by atoms with Gasteiger partial charge in [0.05, 0.1) is 0 Å². The Morgan fingerprint density at radius 2 is 2.00 bits per heavy atom. The van der Waals surface area contributed by atoms with Gasteiger partial charge >= 0.3 is 0 Å². The van der Waals surface area contributed by atoms with Gasteiger partial charge in [-0.1, -0.05) is 17.7 Å². The number of rotatable bonds is 1. The van der Waals surface area contributed by atoms with Crippen molar-refractivity contribution in [1.29, 1.82) is 0 Å². The molecule has 4 heteroatoms. The molecule has 0 amide bonds. The molecule has 1 fully saturated rings. The van der Waals surface area contributed by atoms with Crippen molar-refractivity contribution in [3.8, 4) is 0 Å². The highest BCUT2D eigenvalue weighted by Gasteiger charge is 2.46. The monoisotopic (exact) mass is 217 g/mol. The molecule has 0 aliphatic heterocycles. The van der Waals surface area contributed by atoms with E-state index in [2.05, 4.69) is 0 Å². The molecule has 2 N–H and O–H groups in total. The first-order chi connectivity index (χ1) is 6.48. The van der Waals surface area contributed by atoms with Gasteiger partial charge in [0.15, 0.2) is 0 Å². The van der Waals surface area contributed by atoms with Crippen molar-refractivity contribution in [2.75, 3.05) is 5.73 Å². The van der Waals surface area contributed by atoms with E-state index >= 15 is 0 Å². The SMILES string of the molecule is Nc1ccc(C2CC(F)(F)C2)c(Cl)c1. The molecule has 1 aliphatic carbocycles. The second-order valence-corrected chi connectivity index (χ2v) is 4.15. The third-order valence-corrected chi connectivity index (χ3v) is 2.88. The molecule has 1 aromatic carbocycles. The van der Waals surface area contributed by atoms with Crippen molar-refractivity contribution in [3.63, 3.8) is 0 Å². The second kappa shape index (κ2) is 3.09. The first-order valence-corrected chi connectivity index (χ1v) is 4.78. The maximum atomic E-state index is 12.6. The largest absolute Gasteiger partial charge is 0.399 e. The van der Waals surface area contributed by atoms with Crippen molar-refractivity contribution in [1.82, 2.24) is 0 Å². The Morgan fingerprint density at radius 1 is 1.36 bits per heavy atom. The Kier molecular flexibility index (Phi) is 2.14. The van der Waals surface area contributed by atoms with Gasteiger partial charge in [0.1, 0.15) is 0 Å². The Balaban J connectivity index is 2.19. The zero-order chi connectivity index (χ0) is 10.3. The van der Waals surface area contributed by atoms with Crippen LogP contribution in [0.2, 0.25) is 5.02 Å².